The third kappa shape index (κ3) is 8.53. The summed E-state index contributed by atoms with van der Waals surface area (Å²) in [5.74, 6) is -12.3. The van der Waals surface area contributed by atoms with E-state index in [1.807, 2.05) is 0 Å². The molecule has 48 heavy (non-hydrogen) atoms. The standard InChI is InChI=1S/C33H24F7N3O4S/c1-17(30(44)43-29-27(36)25(34)24(33(38,39)40)26(35)28(29)37)48-22-13-7-11-20(16-22)41-32(46)23(15-18-8-6-12-21(14-18)47-2)42-31(45)19-9-4-3-5-10-19/h3-17H,1-2H3,(H,41,46)(H,42,45)(H,43,44)/b23-15-. The lowest BCUT2D eigenvalue weighted by Gasteiger charge is -2.17. The van der Waals surface area contributed by atoms with Crippen LogP contribution in [0.3, 0.4) is 0 Å². The number of ether oxygens (including phenoxy) is 1. The van der Waals surface area contributed by atoms with Crippen LogP contribution in [-0.4, -0.2) is 30.1 Å². The van der Waals surface area contributed by atoms with Gasteiger partial charge >= 0.3 is 6.18 Å². The fourth-order valence-electron chi connectivity index (χ4n) is 4.16. The Morgan fingerprint density at radius 2 is 1.46 bits per heavy atom. The van der Waals surface area contributed by atoms with Crippen LogP contribution in [0.1, 0.15) is 28.4 Å². The number of alkyl halides is 3. The van der Waals surface area contributed by atoms with Crippen LogP contribution in [0.2, 0.25) is 0 Å². The van der Waals surface area contributed by atoms with Crippen LogP contribution in [0.5, 0.6) is 5.75 Å². The van der Waals surface area contributed by atoms with E-state index >= 15 is 0 Å². The number of amides is 3. The highest BCUT2D eigenvalue weighted by molar-refractivity contribution is 8.00. The molecule has 0 bridgehead atoms. The predicted octanol–water partition coefficient (Wildman–Crippen LogP) is 7.80. The summed E-state index contributed by atoms with van der Waals surface area (Å²) in [6, 6.07) is 20.7. The maximum absolute atomic E-state index is 14.3. The summed E-state index contributed by atoms with van der Waals surface area (Å²) in [5, 5.41) is 5.61. The molecule has 0 saturated carbocycles. The van der Waals surface area contributed by atoms with Crippen LogP contribution in [0, 0.1) is 23.3 Å². The van der Waals surface area contributed by atoms with Crippen molar-refractivity contribution < 1.29 is 49.9 Å². The van der Waals surface area contributed by atoms with Crippen LogP contribution in [0.4, 0.5) is 42.1 Å². The van der Waals surface area contributed by atoms with Gasteiger partial charge in [-0.15, -0.1) is 11.8 Å². The van der Waals surface area contributed by atoms with Crippen molar-refractivity contribution in [3.05, 3.63) is 125 Å². The number of thioether (sulfide) groups is 1. The van der Waals surface area contributed by atoms with Gasteiger partial charge in [-0.3, -0.25) is 14.4 Å². The Morgan fingerprint density at radius 1 is 0.812 bits per heavy atom. The van der Waals surface area contributed by atoms with Gasteiger partial charge < -0.3 is 20.7 Å². The Morgan fingerprint density at radius 3 is 2.08 bits per heavy atom. The second kappa shape index (κ2) is 15.1. The third-order valence-electron chi connectivity index (χ3n) is 6.50. The summed E-state index contributed by atoms with van der Waals surface area (Å²) in [4.78, 5) is 39.3. The molecule has 0 fully saturated rings. The molecule has 3 N–H and O–H groups in total. The molecule has 0 aliphatic rings. The molecule has 1 unspecified atom stereocenters. The second-order valence-corrected chi connectivity index (χ2v) is 11.3. The number of halogens is 7. The topological polar surface area (TPSA) is 96.5 Å². The summed E-state index contributed by atoms with van der Waals surface area (Å²) >= 11 is 0.789. The number of benzene rings is 4. The summed E-state index contributed by atoms with van der Waals surface area (Å²) in [7, 11) is 1.47. The largest absolute Gasteiger partial charge is 0.497 e. The first-order valence-corrected chi connectivity index (χ1v) is 14.6. The molecule has 1 atom stereocenters. The molecule has 15 heteroatoms. The lowest BCUT2D eigenvalue weighted by atomic mass is 10.1. The number of carbonyl (C=O) groups excluding carboxylic acids is 3. The Labute approximate surface area is 273 Å². The molecule has 4 aromatic carbocycles. The highest BCUT2D eigenvalue weighted by Crippen LogP contribution is 2.39. The zero-order valence-electron chi connectivity index (χ0n) is 24.8. The van der Waals surface area contributed by atoms with Crippen molar-refractivity contribution in [2.45, 2.75) is 23.2 Å². The zero-order valence-corrected chi connectivity index (χ0v) is 25.7. The maximum Gasteiger partial charge on any atom is 0.422 e. The van der Waals surface area contributed by atoms with Crippen molar-refractivity contribution in [3.8, 4) is 5.75 Å². The van der Waals surface area contributed by atoms with Crippen LogP contribution in [0.25, 0.3) is 6.08 Å². The number of nitrogens with one attached hydrogen (secondary N) is 3. The highest BCUT2D eigenvalue weighted by atomic mass is 32.2. The second-order valence-electron chi connectivity index (χ2n) is 9.89. The van der Waals surface area contributed by atoms with E-state index in [-0.39, 0.29) is 16.9 Å². The van der Waals surface area contributed by atoms with E-state index in [9.17, 15) is 45.1 Å². The minimum atomic E-state index is -5.74. The van der Waals surface area contributed by atoms with Gasteiger partial charge in [0.2, 0.25) is 5.91 Å². The van der Waals surface area contributed by atoms with Gasteiger partial charge in [0.15, 0.2) is 23.3 Å². The van der Waals surface area contributed by atoms with Gasteiger partial charge in [-0.05, 0) is 61.0 Å². The lowest BCUT2D eigenvalue weighted by Crippen LogP contribution is -2.30. The molecule has 0 spiro atoms. The van der Waals surface area contributed by atoms with Crippen molar-refractivity contribution in [2.75, 3.05) is 17.7 Å². The maximum atomic E-state index is 14.3. The fourth-order valence-corrected chi connectivity index (χ4v) is 5.09. The Bertz CT molecular complexity index is 1860. The van der Waals surface area contributed by atoms with E-state index in [2.05, 4.69) is 10.6 Å². The van der Waals surface area contributed by atoms with Gasteiger partial charge in [0, 0.05) is 16.1 Å². The number of anilines is 2. The predicted molar refractivity (Wildman–Crippen MR) is 165 cm³/mol. The first kappa shape index (κ1) is 35.5. The van der Waals surface area contributed by atoms with E-state index in [1.165, 1.54) is 44.4 Å². The average molecular weight is 692 g/mol. The molecular formula is C33H24F7N3O4S. The van der Waals surface area contributed by atoms with Crippen molar-refractivity contribution in [1.82, 2.24) is 5.32 Å². The van der Waals surface area contributed by atoms with Crippen molar-refractivity contribution in [3.63, 3.8) is 0 Å². The average Bonchev–Trinajstić information content (AvgIpc) is 3.05. The molecule has 0 radical (unpaired) electrons. The summed E-state index contributed by atoms with van der Waals surface area (Å²) in [6.07, 6.45) is -4.31. The Hall–Kier alpha value is -5.31. The van der Waals surface area contributed by atoms with Gasteiger partial charge in [0.05, 0.1) is 12.4 Å². The number of rotatable bonds is 10. The molecule has 0 aromatic heterocycles. The lowest BCUT2D eigenvalue weighted by molar-refractivity contribution is -0.143. The Kier molecular flexibility index (Phi) is 11.2. The van der Waals surface area contributed by atoms with E-state index in [4.69, 9.17) is 4.74 Å². The van der Waals surface area contributed by atoms with Gasteiger partial charge in [0.25, 0.3) is 11.8 Å². The summed E-state index contributed by atoms with van der Waals surface area (Å²) in [5.41, 5.74) is -3.61. The molecule has 0 aliphatic heterocycles. The van der Waals surface area contributed by atoms with Crippen molar-refractivity contribution in [2.24, 2.45) is 0 Å². The molecule has 0 heterocycles. The van der Waals surface area contributed by atoms with Crippen LogP contribution in [-0.2, 0) is 15.8 Å². The van der Waals surface area contributed by atoms with Gasteiger partial charge in [-0.2, -0.15) is 13.2 Å². The first-order valence-electron chi connectivity index (χ1n) is 13.7. The summed E-state index contributed by atoms with van der Waals surface area (Å²) in [6.45, 7) is 1.26. The van der Waals surface area contributed by atoms with Gasteiger partial charge in [-0.25, -0.2) is 17.6 Å². The van der Waals surface area contributed by atoms with Gasteiger partial charge in [0.1, 0.15) is 22.7 Å². The molecule has 0 saturated heterocycles. The van der Waals surface area contributed by atoms with Crippen LogP contribution < -0.4 is 20.7 Å². The number of methoxy groups -OCH3 is 1. The molecule has 4 rings (SSSR count). The highest BCUT2D eigenvalue weighted by Gasteiger charge is 2.42. The summed E-state index contributed by atoms with van der Waals surface area (Å²) < 4.78 is 100. The molecule has 3 amide bonds. The van der Waals surface area contributed by atoms with Gasteiger partial charge in [-0.1, -0.05) is 36.4 Å². The van der Waals surface area contributed by atoms with Crippen LogP contribution in [0.15, 0.2) is 89.5 Å². The Balaban J connectivity index is 1.52. The number of hydrogen-bond donors (Lipinski definition) is 3. The van der Waals surface area contributed by atoms with E-state index in [0.717, 1.165) is 11.8 Å². The smallest absolute Gasteiger partial charge is 0.422 e. The van der Waals surface area contributed by atoms with Crippen LogP contribution >= 0.6 is 11.8 Å². The zero-order chi connectivity index (χ0) is 35.2. The molecular weight excluding hydrogens is 667 g/mol. The fraction of sp³-hybridized carbons (Fsp3) is 0.121. The number of carbonyl (C=O) groups is 3. The molecule has 0 aliphatic carbocycles. The minimum absolute atomic E-state index is 0.136. The normalized spacial score (nSPS) is 12.2. The van der Waals surface area contributed by atoms with E-state index in [0.29, 0.717) is 16.2 Å². The monoisotopic (exact) mass is 691 g/mol. The quantitative estimate of drug-likeness (QED) is 0.0683. The van der Waals surface area contributed by atoms with E-state index < -0.39 is 63.7 Å². The minimum Gasteiger partial charge on any atom is -0.497 e. The molecule has 250 valence electrons. The SMILES string of the molecule is COc1cccc(/C=C(\NC(=O)c2ccccc2)C(=O)Nc2cccc(SC(C)C(=O)Nc3c(F)c(F)c(C(F)(F)F)c(F)c3F)c2)c1. The first-order chi connectivity index (χ1) is 22.7. The van der Waals surface area contributed by atoms with Crippen molar-refractivity contribution in [1.29, 1.82) is 0 Å². The molecule has 7 nitrogen and oxygen atoms in total. The molecule has 4 aromatic rings. The third-order valence-corrected chi connectivity index (χ3v) is 7.60. The van der Waals surface area contributed by atoms with E-state index in [1.54, 1.807) is 59.9 Å². The van der Waals surface area contributed by atoms with Crippen molar-refractivity contribution >= 4 is 46.9 Å². The number of hydrogen-bond acceptors (Lipinski definition) is 5.